The van der Waals surface area contributed by atoms with Crippen LogP contribution in [0.4, 0.5) is 0 Å². The zero-order valence-electron chi connectivity index (χ0n) is 28.6. The van der Waals surface area contributed by atoms with Gasteiger partial charge in [-0.2, -0.15) is 0 Å². The van der Waals surface area contributed by atoms with Crippen LogP contribution in [0, 0.1) is 0 Å². The molecular weight excluding hydrogens is 663 g/mol. The number of thiophene rings is 1. The Bertz CT molecular complexity index is 2950. The molecule has 0 N–H and O–H groups in total. The fraction of sp³-hybridized carbons (Fsp3) is 0. The predicted octanol–water partition coefficient (Wildman–Crippen LogP) is 13.4. The second kappa shape index (κ2) is 13.1. The van der Waals surface area contributed by atoms with E-state index in [0.717, 1.165) is 27.8 Å². The summed E-state index contributed by atoms with van der Waals surface area (Å²) in [5.41, 5.74) is 10.0. The maximum atomic E-state index is 5.19. The van der Waals surface area contributed by atoms with E-state index >= 15 is 0 Å². The third-order valence-electron chi connectivity index (χ3n) is 9.95. The van der Waals surface area contributed by atoms with Crippen LogP contribution in [0.25, 0.3) is 98.5 Å². The molecule has 8 aromatic carbocycles. The number of rotatable bonds is 6. The molecule has 53 heavy (non-hydrogen) atoms. The maximum Gasteiger partial charge on any atom is 0.165 e. The lowest BCUT2D eigenvalue weighted by atomic mass is 9.90. The summed E-state index contributed by atoms with van der Waals surface area (Å²) < 4.78 is 2.43. The van der Waals surface area contributed by atoms with Crippen LogP contribution in [0.1, 0.15) is 0 Å². The average molecular weight is 694 g/mol. The van der Waals surface area contributed by atoms with Gasteiger partial charge in [-0.1, -0.05) is 164 Å². The quantitative estimate of drug-likeness (QED) is 0.174. The van der Waals surface area contributed by atoms with Crippen LogP contribution in [0.5, 0.6) is 0 Å². The highest BCUT2D eigenvalue weighted by atomic mass is 32.1. The molecule has 0 aliphatic heterocycles. The SMILES string of the molecule is c1ccc(-c2cccc(-c3ccc(-c4cccc(-c5nc(-c6ccccc6)nc(-c6cccc7c6sc6ccccc67)n5)c4)c4ccccc34)c2)cc1. The van der Waals surface area contributed by atoms with Gasteiger partial charge in [-0.05, 0) is 68.4 Å². The second-order valence-corrected chi connectivity index (χ2v) is 14.2. The van der Waals surface area contributed by atoms with Crippen molar-refractivity contribution in [3.8, 4) is 67.5 Å². The topological polar surface area (TPSA) is 38.7 Å². The molecule has 0 aliphatic rings. The van der Waals surface area contributed by atoms with Gasteiger partial charge in [0.1, 0.15) is 0 Å². The zero-order chi connectivity index (χ0) is 35.1. The molecule has 10 aromatic rings. The first-order valence-electron chi connectivity index (χ1n) is 17.8. The van der Waals surface area contributed by atoms with E-state index in [1.165, 1.54) is 53.2 Å². The van der Waals surface area contributed by atoms with Gasteiger partial charge in [-0.25, -0.2) is 15.0 Å². The Labute approximate surface area is 311 Å². The highest BCUT2D eigenvalue weighted by Crippen LogP contribution is 2.41. The van der Waals surface area contributed by atoms with Crippen LogP contribution in [0.15, 0.2) is 188 Å². The summed E-state index contributed by atoms with van der Waals surface area (Å²) in [5, 5.41) is 4.88. The van der Waals surface area contributed by atoms with Gasteiger partial charge in [0.25, 0.3) is 0 Å². The molecule has 2 aromatic heterocycles. The highest BCUT2D eigenvalue weighted by Gasteiger charge is 2.17. The molecule has 0 saturated heterocycles. The Balaban J connectivity index is 1.10. The number of benzene rings is 8. The fourth-order valence-corrected chi connectivity index (χ4v) is 8.60. The van der Waals surface area contributed by atoms with Gasteiger partial charge in [0.2, 0.25) is 0 Å². The second-order valence-electron chi connectivity index (χ2n) is 13.2. The monoisotopic (exact) mass is 693 g/mol. The van der Waals surface area contributed by atoms with Gasteiger partial charge >= 0.3 is 0 Å². The van der Waals surface area contributed by atoms with Gasteiger partial charge in [0.05, 0.1) is 0 Å². The van der Waals surface area contributed by atoms with Crippen molar-refractivity contribution in [2.75, 3.05) is 0 Å². The summed E-state index contributed by atoms with van der Waals surface area (Å²) in [5.74, 6) is 1.97. The molecule has 0 unspecified atom stereocenters. The lowest BCUT2D eigenvalue weighted by Crippen LogP contribution is -2.00. The summed E-state index contributed by atoms with van der Waals surface area (Å²) in [6.45, 7) is 0. The molecule has 0 fully saturated rings. The van der Waals surface area contributed by atoms with Crippen molar-refractivity contribution in [1.82, 2.24) is 15.0 Å². The molecule has 0 amide bonds. The van der Waals surface area contributed by atoms with Gasteiger partial charge < -0.3 is 0 Å². The van der Waals surface area contributed by atoms with Gasteiger partial charge in [0, 0.05) is 36.9 Å². The molecule has 0 spiro atoms. The van der Waals surface area contributed by atoms with Crippen molar-refractivity contribution in [2.24, 2.45) is 0 Å². The Morgan fingerprint density at radius 1 is 0.283 bits per heavy atom. The smallest absolute Gasteiger partial charge is 0.165 e. The van der Waals surface area contributed by atoms with E-state index in [-0.39, 0.29) is 0 Å². The maximum absolute atomic E-state index is 5.19. The minimum atomic E-state index is 0.646. The highest BCUT2D eigenvalue weighted by molar-refractivity contribution is 7.26. The lowest BCUT2D eigenvalue weighted by molar-refractivity contribution is 1.08. The minimum absolute atomic E-state index is 0.646. The summed E-state index contributed by atoms with van der Waals surface area (Å²) >= 11 is 1.79. The first kappa shape index (κ1) is 31.0. The third-order valence-corrected chi connectivity index (χ3v) is 11.2. The standard InChI is InChI=1S/C49H31N3S/c1-3-14-32(15-4-1)34-18-11-19-35(30-34)38-28-29-39(41-23-8-7-22-40(38)41)36-20-12-21-37(31-36)48-50-47(33-16-5-2-6-17-33)51-49(52-48)44-26-13-25-43-42-24-9-10-27-45(42)53-46(43)44/h1-31H. The fourth-order valence-electron chi connectivity index (χ4n) is 7.39. The summed E-state index contributed by atoms with van der Waals surface area (Å²) in [6, 6.07) is 66.4. The summed E-state index contributed by atoms with van der Waals surface area (Å²) in [6.07, 6.45) is 0. The molecular formula is C49H31N3S. The van der Waals surface area contributed by atoms with Crippen LogP contribution in [-0.2, 0) is 0 Å². The first-order chi connectivity index (χ1) is 26.3. The van der Waals surface area contributed by atoms with Crippen molar-refractivity contribution >= 4 is 42.3 Å². The minimum Gasteiger partial charge on any atom is -0.208 e. The van der Waals surface area contributed by atoms with E-state index < -0.39 is 0 Å². The molecule has 0 bridgehead atoms. The number of nitrogens with zero attached hydrogens (tertiary/aromatic N) is 3. The number of aromatic nitrogens is 3. The van der Waals surface area contributed by atoms with E-state index in [2.05, 4.69) is 170 Å². The van der Waals surface area contributed by atoms with E-state index in [1.807, 2.05) is 18.2 Å². The number of fused-ring (bicyclic) bond motifs is 4. The summed E-state index contributed by atoms with van der Waals surface area (Å²) in [7, 11) is 0. The predicted molar refractivity (Wildman–Crippen MR) is 223 cm³/mol. The average Bonchev–Trinajstić information content (AvgIpc) is 3.63. The van der Waals surface area contributed by atoms with Crippen molar-refractivity contribution in [3.63, 3.8) is 0 Å². The molecule has 2 heterocycles. The summed E-state index contributed by atoms with van der Waals surface area (Å²) in [4.78, 5) is 15.4. The van der Waals surface area contributed by atoms with Crippen LogP contribution < -0.4 is 0 Å². The van der Waals surface area contributed by atoms with Crippen LogP contribution in [-0.4, -0.2) is 15.0 Å². The molecule has 0 aliphatic carbocycles. The molecule has 0 atom stereocenters. The van der Waals surface area contributed by atoms with Gasteiger partial charge in [-0.15, -0.1) is 11.3 Å². The van der Waals surface area contributed by atoms with Crippen LogP contribution in [0.2, 0.25) is 0 Å². The molecule has 4 heteroatoms. The molecule has 3 nitrogen and oxygen atoms in total. The van der Waals surface area contributed by atoms with Crippen LogP contribution in [0.3, 0.4) is 0 Å². The Morgan fingerprint density at radius 3 is 1.45 bits per heavy atom. The number of hydrogen-bond donors (Lipinski definition) is 0. The van der Waals surface area contributed by atoms with Crippen molar-refractivity contribution in [1.29, 1.82) is 0 Å². The first-order valence-corrected chi connectivity index (χ1v) is 18.6. The molecule has 0 saturated carbocycles. The van der Waals surface area contributed by atoms with Crippen molar-refractivity contribution in [3.05, 3.63) is 188 Å². The number of hydrogen-bond acceptors (Lipinski definition) is 4. The molecule has 0 radical (unpaired) electrons. The normalized spacial score (nSPS) is 11.4. The largest absolute Gasteiger partial charge is 0.208 e. The van der Waals surface area contributed by atoms with E-state index in [0.29, 0.717) is 17.5 Å². The molecule has 10 rings (SSSR count). The zero-order valence-corrected chi connectivity index (χ0v) is 29.5. The van der Waals surface area contributed by atoms with E-state index in [9.17, 15) is 0 Å². The lowest BCUT2D eigenvalue weighted by Gasteiger charge is -2.14. The Kier molecular flexibility index (Phi) is 7.67. The Morgan fingerprint density at radius 2 is 0.755 bits per heavy atom. The van der Waals surface area contributed by atoms with Gasteiger partial charge in [0.15, 0.2) is 17.5 Å². The van der Waals surface area contributed by atoms with Crippen molar-refractivity contribution in [2.45, 2.75) is 0 Å². The van der Waals surface area contributed by atoms with E-state index in [1.54, 1.807) is 11.3 Å². The third kappa shape index (κ3) is 5.66. The van der Waals surface area contributed by atoms with Crippen molar-refractivity contribution < 1.29 is 0 Å². The Hall–Kier alpha value is -6.75. The van der Waals surface area contributed by atoms with E-state index in [4.69, 9.17) is 15.0 Å². The van der Waals surface area contributed by atoms with Crippen LogP contribution >= 0.6 is 11.3 Å². The molecule has 248 valence electrons. The van der Waals surface area contributed by atoms with Gasteiger partial charge in [-0.3, -0.25) is 0 Å².